The van der Waals surface area contributed by atoms with Crippen LogP contribution >= 0.6 is 15.9 Å². The molecular formula is C19H25BrO3. The van der Waals surface area contributed by atoms with E-state index >= 15 is 0 Å². The van der Waals surface area contributed by atoms with Crippen molar-refractivity contribution < 1.29 is 14.7 Å². The summed E-state index contributed by atoms with van der Waals surface area (Å²) in [6.07, 6.45) is 6.44. The van der Waals surface area contributed by atoms with Gasteiger partial charge < -0.3 is 5.11 Å². The van der Waals surface area contributed by atoms with E-state index in [1.54, 1.807) is 0 Å². The molecule has 0 radical (unpaired) electrons. The van der Waals surface area contributed by atoms with Crippen molar-refractivity contribution in [2.24, 2.45) is 28.6 Å². The molecule has 126 valence electrons. The van der Waals surface area contributed by atoms with Crippen molar-refractivity contribution in [1.82, 2.24) is 0 Å². The van der Waals surface area contributed by atoms with E-state index in [2.05, 4.69) is 29.8 Å². The number of fused-ring (bicyclic) bond motifs is 5. The fraction of sp³-hybridized carbons (Fsp3) is 0.789. The summed E-state index contributed by atoms with van der Waals surface area (Å²) in [5.41, 5.74) is 0.870. The molecule has 3 nitrogen and oxygen atoms in total. The molecule has 0 spiro atoms. The third kappa shape index (κ3) is 2.03. The lowest BCUT2D eigenvalue weighted by Gasteiger charge is -2.56. The largest absolute Gasteiger partial charge is 0.389 e. The number of carbonyl (C=O) groups excluding carboxylic acids is 2. The molecule has 0 aromatic heterocycles. The van der Waals surface area contributed by atoms with Gasteiger partial charge in [-0.15, -0.1) is 0 Å². The van der Waals surface area contributed by atoms with E-state index in [1.807, 2.05) is 6.08 Å². The highest BCUT2D eigenvalue weighted by atomic mass is 79.9. The van der Waals surface area contributed by atoms with Gasteiger partial charge in [0.25, 0.3) is 0 Å². The number of rotatable bonds is 0. The summed E-state index contributed by atoms with van der Waals surface area (Å²) in [6.45, 7) is 4.38. The van der Waals surface area contributed by atoms with Gasteiger partial charge in [0.1, 0.15) is 5.78 Å². The minimum Gasteiger partial charge on any atom is -0.389 e. The number of hydrogen-bond donors (Lipinski definition) is 1. The number of halogens is 1. The van der Waals surface area contributed by atoms with Crippen LogP contribution in [0.25, 0.3) is 0 Å². The van der Waals surface area contributed by atoms with Crippen molar-refractivity contribution in [3.8, 4) is 0 Å². The number of alkyl halides is 1. The molecule has 1 N–H and O–H groups in total. The highest BCUT2D eigenvalue weighted by Gasteiger charge is 2.63. The second kappa shape index (κ2) is 5.01. The Labute approximate surface area is 146 Å². The topological polar surface area (TPSA) is 54.4 Å². The molecule has 0 heterocycles. The molecule has 4 aliphatic carbocycles. The molecule has 23 heavy (non-hydrogen) atoms. The number of allylic oxidation sites excluding steroid dienone is 1. The van der Waals surface area contributed by atoms with Gasteiger partial charge in [-0.05, 0) is 49.4 Å². The predicted molar refractivity (Wildman–Crippen MR) is 91.2 cm³/mol. The maximum Gasteiger partial charge on any atom is 0.152 e. The van der Waals surface area contributed by atoms with E-state index in [-0.39, 0.29) is 27.5 Å². The van der Waals surface area contributed by atoms with Gasteiger partial charge in [-0.3, -0.25) is 9.59 Å². The molecule has 4 rings (SSSR count). The summed E-state index contributed by atoms with van der Waals surface area (Å²) in [5.74, 6) is 1.16. The zero-order chi connectivity index (χ0) is 16.6. The lowest BCUT2D eigenvalue weighted by molar-refractivity contribution is -0.143. The Morgan fingerprint density at radius 1 is 1.13 bits per heavy atom. The zero-order valence-electron chi connectivity index (χ0n) is 13.8. The number of ketones is 2. The van der Waals surface area contributed by atoms with Crippen LogP contribution in [0.15, 0.2) is 11.6 Å². The van der Waals surface area contributed by atoms with Crippen LogP contribution in [0.5, 0.6) is 0 Å². The van der Waals surface area contributed by atoms with Crippen molar-refractivity contribution in [3.05, 3.63) is 11.6 Å². The van der Waals surface area contributed by atoms with Gasteiger partial charge in [-0.25, -0.2) is 0 Å². The quantitative estimate of drug-likeness (QED) is 0.517. The monoisotopic (exact) mass is 380 g/mol. The molecule has 0 aromatic rings. The maximum atomic E-state index is 13.0. The second-order valence-corrected chi connectivity index (χ2v) is 9.73. The molecule has 0 saturated heterocycles. The van der Waals surface area contributed by atoms with Crippen molar-refractivity contribution in [2.75, 3.05) is 0 Å². The smallest absolute Gasteiger partial charge is 0.152 e. The molecule has 4 aliphatic rings. The fourth-order valence-electron chi connectivity index (χ4n) is 6.17. The predicted octanol–water partition coefficient (Wildman–Crippen LogP) is 3.43. The van der Waals surface area contributed by atoms with E-state index in [0.29, 0.717) is 23.9 Å². The molecule has 0 aliphatic heterocycles. The first-order valence-electron chi connectivity index (χ1n) is 8.88. The van der Waals surface area contributed by atoms with E-state index in [1.165, 1.54) is 0 Å². The summed E-state index contributed by atoms with van der Waals surface area (Å²) in [6, 6.07) is 0. The number of carbonyl (C=O) groups is 2. The number of Topliss-reactive ketones (excluding diaryl/α,β-unsaturated/α-hetero) is 2. The molecular weight excluding hydrogens is 356 g/mol. The van der Waals surface area contributed by atoms with Gasteiger partial charge in [0, 0.05) is 17.8 Å². The lowest BCUT2D eigenvalue weighted by Crippen LogP contribution is -2.54. The minimum atomic E-state index is -0.392. The van der Waals surface area contributed by atoms with Crippen molar-refractivity contribution in [1.29, 1.82) is 0 Å². The Morgan fingerprint density at radius 2 is 1.83 bits per heavy atom. The van der Waals surface area contributed by atoms with E-state index in [0.717, 1.165) is 37.7 Å². The number of aliphatic hydroxyl groups excluding tert-OH is 1. The summed E-state index contributed by atoms with van der Waals surface area (Å²) in [5, 5.41) is 9.97. The summed E-state index contributed by atoms with van der Waals surface area (Å²) in [7, 11) is 0. The van der Waals surface area contributed by atoms with Gasteiger partial charge in [-0.1, -0.05) is 41.4 Å². The standard InChI is InChI=1S/C19H25BrO3/c1-18-5-3-11(21)7-10(18)8-15(22)16-12(18)4-6-19(2)13(16)9-14(20)17(19)23/h7,11-14,16,21H,3-6,8-9H2,1-2H3/t11-,12-,13-,14+,16+,18-,19-/m0/s1. The molecule has 7 atom stereocenters. The van der Waals surface area contributed by atoms with Crippen molar-refractivity contribution in [2.45, 2.75) is 63.3 Å². The van der Waals surface area contributed by atoms with Crippen LogP contribution < -0.4 is 0 Å². The van der Waals surface area contributed by atoms with Crippen LogP contribution in [0.2, 0.25) is 0 Å². The molecule has 0 amide bonds. The highest BCUT2D eigenvalue weighted by molar-refractivity contribution is 9.10. The summed E-state index contributed by atoms with van der Waals surface area (Å²) < 4.78 is 0. The minimum absolute atomic E-state index is 0.0256. The summed E-state index contributed by atoms with van der Waals surface area (Å²) in [4.78, 5) is 25.5. The fourth-order valence-corrected chi connectivity index (χ4v) is 7.09. The molecule has 0 unspecified atom stereocenters. The van der Waals surface area contributed by atoms with Crippen LogP contribution in [0.1, 0.15) is 52.4 Å². The van der Waals surface area contributed by atoms with Crippen LogP contribution in [0.4, 0.5) is 0 Å². The average molecular weight is 381 g/mol. The van der Waals surface area contributed by atoms with Gasteiger partial charge in [0.05, 0.1) is 10.9 Å². The Hall–Kier alpha value is -0.480. The van der Waals surface area contributed by atoms with E-state index < -0.39 is 6.10 Å². The first-order valence-corrected chi connectivity index (χ1v) is 9.79. The zero-order valence-corrected chi connectivity index (χ0v) is 15.4. The van der Waals surface area contributed by atoms with Gasteiger partial charge in [-0.2, -0.15) is 0 Å². The molecule has 3 fully saturated rings. The Bertz CT molecular complexity index is 612. The molecule has 3 saturated carbocycles. The van der Waals surface area contributed by atoms with Crippen molar-refractivity contribution in [3.63, 3.8) is 0 Å². The Balaban J connectivity index is 1.76. The average Bonchev–Trinajstić information content (AvgIpc) is 2.73. The Kier molecular flexibility index (Phi) is 3.49. The first-order chi connectivity index (χ1) is 10.8. The first kappa shape index (κ1) is 16.0. The number of aliphatic hydroxyl groups is 1. The third-order valence-electron chi connectivity index (χ3n) is 7.61. The molecule has 0 bridgehead atoms. The van der Waals surface area contributed by atoms with Crippen LogP contribution in [0.3, 0.4) is 0 Å². The molecule has 0 aromatic carbocycles. The molecule has 4 heteroatoms. The van der Waals surface area contributed by atoms with Crippen LogP contribution in [-0.4, -0.2) is 27.6 Å². The summed E-state index contributed by atoms with van der Waals surface area (Å²) >= 11 is 3.55. The van der Waals surface area contributed by atoms with Crippen LogP contribution in [0, 0.1) is 28.6 Å². The number of hydrogen-bond acceptors (Lipinski definition) is 3. The SMILES string of the molecule is C[C@]12CC[C@H](O)C=C1CC(=O)[C@@H]1[C@@H]2CC[C@]2(C)C(=O)[C@H](Br)C[C@@H]12. The van der Waals surface area contributed by atoms with Crippen molar-refractivity contribution >= 4 is 27.5 Å². The van der Waals surface area contributed by atoms with Gasteiger partial charge >= 0.3 is 0 Å². The van der Waals surface area contributed by atoms with Crippen LogP contribution in [-0.2, 0) is 9.59 Å². The normalized spacial score (nSPS) is 52.5. The lowest BCUT2D eigenvalue weighted by atomic mass is 9.47. The third-order valence-corrected chi connectivity index (χ3v) is 8.40. The van der Waals surface area contributed by atoms with Gasteiger partial charge in [0.15, 0.2) is 5.78 Å². The van der Waals surface area contributed by atoms with Gasteiger partial charge in [0.2, 0.25) is 0 Å². The highest BCUT2D eigenvalue weighted by Crippen LogP contribution is 2.64. The van der Waals surface area contributed by atoms with E-state index in [4.69, 9.17) is 0 Å². The van der Waals surface area contributed by atoms with E-state index in [9.17, 15) is 14.7 Å². The Morgan fingerprint density at radius 3 is 2.57 bits per heavy atom. The second-order valence-electron chi connectivity index (χ2n) is 8.62. The maximum absolute atomic E-state index is 13.0.